The minimum absolute atomic E-state index is 0.0406. The summed E-state index contributed by atoms with van der Waals surface area (Å²) < 4.78 is 0. The zero-order chi connectivity index (χ0) is 7.56. The molecule has 0 fully saturated rings. The molecule has 2 nitrogen and oxygen atoms in total. The van der Waals surface area contributed by atoms with Crippen LogP contribution < -0.4 is 5.73 Å². The Bertz CT molecular complexity index is 223. The van der Waals surface area contributed by atoms with Gasteiger partial charge in [0.25, 0.3) is 0 Å². The third-order valence-electron chi connectivity index (χ3n) is 1.28. The Morgan fingerprint density at radius 2 is 2.40 bits per heavy atom. The van der Waals surface area contributed by atoms with Crippen molar-refractivity contribution in [2.24, 2.45) is 5.73 Å². The third-order valence-corrected chi connectivity index (χ3v) is 1.59. The van der Waals surface area contributed by atoms with Gasteiger partial charge in [0.1, 0.15) is 5.15 Å². The summed E-state index contributed by atoms with van der Waals surface area (Å²) in [5, 5.41) is 0.498. The first kappa shape index (κ1) is 7.51. The first-order valence-corrected chi connectivity index (χ1v) is 3.45. The van der Waals surface area contributed by atoms with E-state index in [4.69, 9.17) is 17.3 Å². The molecular formula is C7H9ClN2. The van der Waals surface area contributed by atoms with E-state index < -0.39 is 0 Å². The van der Waals surface area contributed by atoms with Gasteiger partial charge < -0.3 is 5.73 Å². The van der Waals surface area contributed by atoms with Crippen molar-refractivity contribution < 1.29 is 0 Å². The summed E-state index contributed by atoms with van der Waals surface area (Å²) in [6.07, 6.45) is 1.65. The summed E-state index contributed by atoms with van der Waals surface area (Å²) in [7, 11) is 0. The Balaban J connectivity index is 3.03. The van der Waals surface area contributed by atoms with Gasteiger partial charge in [-0.3, -0.25) is 0 Å². The molecule has 0 aromatic carbocycles. The number of hydrogen-bond donors (Lipinski definition) is 1. The number of pyridine rings is 1. The lowest BCUT2D eigenvalue weighted by atomic mass is 10.2. The number of nitrogens with zero attached hydrogens (tertiary/aromatic N) is 1. The fourth-order valence-electron chi connectivity index (χ4n) is 0.738. The summed E-state index contributed by atoms with van der Waals surface area (Å²) in [6, 6.07) is 3.66. The summed E-state index contributed by atoms with van der Waals surface area (Å²) in [4.78, 5) is 3.89. The zero-order valence-electron chi connectivity index (χ0n) is 5.71. The van der Waals surface area contributed by atoms with E-state index in [2.05, 4.69) is 4.98 Å². The van der Waals surface area contributed by atoms with E-state index in [0.29, 0.717) is 5.15 Å². The molecule has 10 heavy (non-hydrogen) atoms. The maximum Gasteiger partial charge on any atom is 0.133 e. The van der Waals surface area contributed by atoms with E-state index in [0.717, 1.165) is 5.56 Å². The van der Waals surface area contributed by atoms with Crippen LogP contribution in [0.4, 0.5) is 0 Å². The smallest absolute Gasteiger partial charge is 0.133 e. The number of rotatable bonds is 1. The van der Waals surface area contributed by atoms with Crippen molar-refractivity contribution in [2.75, 3.05) is 0 Å². The highest BCUT2D eigenvalue weighted by molar-refractivity contribution is 6.30. The molecule has 1 unspecified atom stereocenters. The van der Waals surface area contributed by atoms with E-state index in [1.165, 1.54) is 0 Å². The Kier molecular flexibility index (Phi) is 2.25. The molecule has 1 heterocycles. The van der Waals surface area contributed by atoms with Gasteiger partial charge in [-0.15, -0.1) is 0 Å². The SMILES string of the molecule is CC(N)c1cccnc1Cl. The molecule has 1 aromatic rings. The van der Waals surface area contributed by atoms with Crippen molar-refractivity contribution >= 4 is 11.6 Å². The van der Waals surface area contributed by atoms with E-state index >= 15 is 0 Å². The number of halogens is 1. The molecule has 0 spiro atoms. The first-order chi connectivity index (χ1) is 4.72. The molecule has 0 aliphatic rings. The van der Waals surface area contributed by atoms with Crippen molar-refractivity contribution in [1.82, 2.24) is 4.98 Å². The molecule has 1 aromatic heterocycles. The van der Waals surface area contributed by atoms with E-state index in [1.54, 1.807) is 6.20 Å². The molecule has 0 saturated carbocycles. The molecule has 1 rings (SSSR count). The van der Waals surface area contributed by atoms with Crippen LogP contribution in [0.5, 0.6) is 0 Å². The predicted octanol–water partition coefficient (Wildman–Crippen LogP) is 1.75. The van der Waals surface area contributed by atoms with Crippen LogP contribution >= 0.6 is 11.6 Å². The van der Waals surface area contributed by atoms with Gasteiger partial charge in [-0.05, 0) is 13.0 Å². The fourth-order valence-corrected chi connectivity index (χ4v) is 1.03. The van der Waals surface area contributed by atoms with Crippen LogP contribution in [0.1, 0.15) is 18.5 Å². The van der Waals surface area contributed by atoms with Crippen molar-refractivity contribution in [3.8, 4) is 0 Å². The monoisotopic (exact) mass is 156 g/mol. The largest absolute Gasteiger partial charge is 0.324 e. The van der Waals surface area contributed by atoms with Gasteiger partial charge in [-0.25, -0.2) is 4.98 Å². The molecule has 2 N–H and O–H groups in total. The number of nitrogens with two attached hydrogens (primary N) is 1. The normalized spacial score (nSPS) is 13.1. The van der Waals surface area contributed by atoms with Gasteiger partial charge in [-0.1, -0.05) is 17.7 Å². The lowest BCUT2D eigenvalue weighted by molar-refractivity contribution is 0.812. The second kappa shape index (κ2) is 2.99. The van der Waals surface area contributed by atoms with Gasteiger partial charge in [0.15, 0.2) is 0 Å². The summed E-state index contributed by atoms with van der Waals surface area (Å²) in [6.45, 7) is 1.88. The molecule has 0 bridgehead atoms. The zero-order valence-corrected chi connectivity index (χ0v) is 6.47. The van der Waals surface area contributed by atoms with Gasteiger partial charge in [0.2, 0.25) is 0 Å². The molecule has 0 aliphatic heterocycles. The lowest BCUT2D eigenvalue weighted by Crippen LogP contribution is -2.05. The Hall–Kier alpha value is -0.600. The minimum Gasteiger partial charge on any atom is -0.324 e. The second-order valence-corrected chi connectivity index (χ2v) is 2.53. The molecule has 0 radical (unpaired) electrons. The molecule has 0 amide bonds. The van der Waals surface area contributed by atoms with Gasteiger partial charge >= 0.3 is 0 Å². The Labute approximate surface area is 65.0 Å². The first-order valence-electron chi connectivity index (χ1n) is 3.08. The average molecular weight is 157 g/mol. The average Bonchev–Trinajstić information content (AvgIpc) is 1.88. The molecule has 1 atom stereocenters. The number of hydrogen-bond acceptors (Lipinski definition) is 2. The summed E-state index contributed by atoms with van der Waals surface area (Å²) in [5.74, 6) is 0. The van der Waals surface area contributed by atoms with Crippen LogP contribution in [-0.2, 0) is 0 Å². The predicted molar refractivity (Wildman–Crippen MR) is 41.8 cm³/mol. The molecule has 3 heteroatoms. The van der Waals surface area contributed by atoms with Gasteiger partial charge in [0, 0.05) is 17.8 Å². The number of aromatic nitrogens is 1. The fraction of sp³-hybridized carbons (Fsp3) is 0.286. The molecular weight excluding hydrogens is 148 g/mol. The van der Waals surface area contributed by atoms with Crippen molar-refractivity contribution in [3.63, 3.8) is 0 Å². The molecule has 54 valence electrons. The topological polar surface area (TPSA) is 38.9 Å². The summed E-state index contributed by atoms with van der Waals surface area (Å²) >= 11 is 5.73. The highest BCUT2D eigenvalue weighted by atomic mass is 35.5. The third kappa shape index (κ3) is 1.46. The van der Waals surface area contributed by atoms with Crippen LogP contribution in [0.15, 0.2) is 18.3 Å². The maximum absolute atomic E-state index is 5.73. The quantitative estimate of drug-likeness (QED) is 0.630. The van der Waals surface area contributed by atoms with Crippen molar-refractivity contribution in [2.45, 2.75) is 13.0 Å². The van der Waals surface area contributed by atoms with E-state index in [-0.39, 0.29) is 6.04 Å². The standard InChI is InChI=1S/C7H9ClN2/c1-5(9)6-3-2-4-10-7(6)8/h2-5H,9H2,1H3. The Morgan fingerprint density at radius 3 is 2.80 bits per heavy atom. The molecule has 0 saturated heterocycles. The Morgan fingerprint density at radius 1 is 1.70 bits per heavy atom. The van der Waals surface area contributed by atoms with Crippen LogP contribution in [-0.4, -0.2) is 4.98 Å². The van der Waals surface area contributed by atoms with E-state index in [1.807, 2.05) is 19.1 Å². The van der Waals surface area contributed by atoms with Crippen LogP contribution in [0.25, 0.3) is 0 Å². The van der Waals surface area contributed by atoms with E-state index in [9.17, 15) is 0 Å². The van der Waals surface area contributed by atoms with Crippen LogP contribution in [0.3, 0.4) is 0 Å². The van der Waals surface area contributed by atoms with Gasteiger partial charge in [-0.2, -0.15) is 0 Å². The van der Waals surface area contributed by atoms with Gasteiger partial charge in [0.05, 0.1) is 0 Å². The van der Waals surface area contributed by atoms with Crippen molar-refractivity contribution in [3.05, 3.63) is 29.0 Å². The minimum atomic E-state index is -0.0406. The second-order valence-electron chi connectivity index (χ2n) is 2.17. The van der Waals surface area contributed by atoms with Crippen LogP contribution in [0.2, 0.25) is 5.15 Å². The highest BCUT2D eigenvalue weighted by Crippen LogP contribution is 2.16. The lowest BCUT2D eigenvalue weighted by Gasteiger charge is -2.04. The van der Waals surface area contributed by atoms with Crippen molar-refractivity contribution in [1.29, 1.82) is 0 Å². The maximum atomic E-state index is 5.73. The summed E-state index contributed by atoms with van der Waals surface area (Å²) in [5.41, 5.74) is 6.48. The van der Waals surface area contributed by atoms with Crippen LogP contribution in [0, 0.1) is 0 Å². The highest BCUT2D eigenvalue weighted by Gasteiger charge is 2.03. The molecule has 0 aliphatic carbocycles.